The highest BCUT2D eigenvalue weighted by atomic mass is 19.1. The highest BCUT2D eigenvalue weighted by molar-refractivity contribution is 5.71. The molecule has 21 heavy (non-hydrogen) atoms. The molecular formula is C15H13FN4O. The molecule has 1 aromatic heterocycles. The van der Waals surface area contributed by atoms with Crippen LogP contribution in [-0.4, -0.2) is 20.1 Å². The number of hydrogen-bond donors (Lipinski definition) is 2. The Kier molecular flexibility index (Phi) is 3.06. The van der Waals surface area contributed by atoms with Gasteiger partial charge >= 0.3 is 0 Å². The molecule has 0 fully saturated rings. The van der Waals surface area contributed by atoms with Crippen LogP contribution in [0.4, 0.5) is 10.2 Å². The molecule has 0 aliphatic carbocycles. The molecule has 0 saturated carbocycles. The predicted octanol–water partition coefficient (Wildman–Crippen LogP) is 2.67. The average molecular weight is 284 g/mol. The Labute approximate surface area is 120 Å². The highest BCUT2D eigenvalue weighted by Crippen LogP contribution is 2.27. The zero-order valence-electron chi connectivity index (χ0n) is 11.3. The van der Waals surface area contributed by atoms with Crippen LogP contribution in [0.25, 0.3) is 16.9 Å². The summed E-state index contributed by atoms with van der Waals surface area (Å²) in [6.07, 6.45) is 0. The van der Waals surface area contributed by atoms with Crippen molar-refractivity contribution in [1.29, 1.82) is 0 Å². The average Bonchev–Trinajstić information content (AvgIpc) is 2.85. The van der Waals surface area contributed by atoms with Crippen LogP contribution in [0.15, 0.2) is 42.5 Å². The van der Waals surface area contributed by atoms with Crippen molar-refractivity contribution in [3.63, 3.8) is 0 Å². The molecule has 0 spiro atoms. The molecule has 2 aromatic carbocycles. The maximum Gasteiger partial charge on any atom is 0.155 e. The fourth-order valence-electron chi connectivity index (χ4n) is 2.07. The smallest absolute Gasteiger partial charge is 0.155 e. The minimum absolute atomic E-state index is 0.159. The summed E-state index contributed by atoms with van der Waals surface area (Å²) in [4.78, 5) is 0. The van der Waals surface area contributed by atoms with Crippen molar-refractivity contribution < 1.29 is 9.50 Å². The first-order valence-corrected chi connectivity index (χ1v) is 6.33. The number of aromatic hydroxyl groups is 1. The van der Waals surface area contributed by atoms with E-state index in [1.807, 2.05) is 0 Å². The summed E-state index contributed by atoms with van der Waals surface area (Å²) < 4.78 is 14.8. The SMILES string of the molecule is Cc1cc(-c2nnn(-c3ccc(O)cc3)c2N)ccc1F. The van der Waals surface area contributed by atoms with Gasteiger partial charge in [0, 0.05) is 5.56 Å². The second-order valence-electron chi connectivity index (χ2n) is 4.72. The molecule has 1 heterocycles. The molecule has 0 bridgehead atoms. The molecule has 0 unspecified atom stereocenters. The van der Waals surface area contributed by atoms with Crippen LogP contribution in [-0.2, 0) is 0 Å². The highest BCUT2D eigenvalue weighted by Gasteiger charge is 2.14. The minimum atomic E-state index is -0.275. The van der Waals surface area contributed by atoms with Gasteiger partial charge < -0.3 is 10.8 Å². The molecule has 6 heteroatoms. The molecule has 0 saturated heterocycles. The summed E-state index contributed by atoms with van der Waals surface area (Å²) in [5, 5.41) is 17.4. The number of nitrogen functional groups attached to an aromatic ring is 1. The van der Waals surface area contributed by atoms with Gasteiger partial charge in [-0.15, -0.1) is 5.10 Å². The number of hydrogen-bond acceptors (Lipinski definition) is 4. The maximum atomic E-state index is 13.3. The van der Waals surface area contributed by atoms with E-state index in [2.05, 4.69) is 10.3 Å². The number of rotatable bonds is 2. The zero-order valence-corrected chi connectivity index (χ0v) is 11.3. The molecule has 0 aliphatic rings. The third-order valence-electron chi connectivity index (χ3n) is 3.23. The van der Waals surface area contributed by atoms with Gasteiger partial charge in [-0.05, 0) is 55.0 Å². The normalized spacial score (nSPS) is 10.8. The van der Waals surface area contributed by atoms with E-state index in [0.29, 0.717) is 28.3 Å². The first-order valence-electron chi connectivity index (χ1n) is 6.33. The summed E-state index contributed by atoms with van der Waals surface area (Å²) in [6.45, 7) is 1.68. The Balaban J connectivity index is 2.06. The van der Waals surface area contributed by atoms with Crippen molar-refractivity contribution >= 4 is 5.82 Å². The summed E-state index contributed by atoms with van der Waals surface area (Å²) in [6, 6.07) is 11.1. The van der Waals surface area contributed by atoms with Crippen LogP contribution in [0, 0.1) is 12.7 Å². The van der Waals surface area contributed by atoms with Gasteiger partial charge in [0.25, 0.3) is 0 Å². The van der Waals surface area contributed by atoms with E-state index >= 15 is 0 Å². The fourth-order valence-corrected chi connectivity index (χ4v) is 2.07. The monoisotopic (exact) mass is 284 g/mol. The van der Waals surface area contributed by atoms with Crippen LogP contribution in [0.3, 0.4) is 0 Å². The summed E-state index contributed by atoms with van der Waals surface area (Å²) >= 11 is 0. The maximum absolute atomic E-state index is 13.3. The minimum Gasteiger partial charge on any atom is -0.508 e. The number of anilines is 1. The Hall–Kier alpha value is -2.89. The van der Waals surface area contributed by atoms with Crippen LogP contribution in [0.5, 0.6) is 5.75 Å². The van der Waals surface area contributed by atoms with Gasteiger partial charge in [0.15, 0.2) is 5.82 Å². The molecule has 0 amide bonds. The van der Waals surface area contributed by atoms with E-state index in [0.717, 1.165) is 0 Å². The number of phenolic OH excluding ortho intramolecular Hbond substituents is 1. The number of halogens is 1. The molecular weight excluding hydrogens is 271 g/mol. The van der Waals surface area contributed by atoms with Gasteiger partial charge in [-0.1, -0.05) is 5.21 Å². The van der Waals surface area contributed by atoms with E-state index in [4.69, 9.17) is 5.73 Å². The second-order valence-corrected chi connectivity index (χ2v) is 4.72. The van der Waals surface area contributed by atoms with Gasteiger partial charge in [0.05, 0.1) is 5.69 Å². The number of aromatic nitrogens is 3. The molecule has 0 atom stereocenters. The standard InChI is InChI=1S/C15H13FN4O/c1-9-8-10(2-7-13(9)16)14-15(17)20(19-18-14)11-3-5-12(21)6-4-11/h2-8,21H,17H2,1H3. The van der Waals surface area contributed by atoms with Crippen LogP contribution in [0.2, 0.25) is 0 Å². The van der Waals surface area contributed by atoms with Crippen molar-refractivity contribution in [2.24, 2.45) is 0 Å². The number of nitrogens with zero attached hydrogens (tertiary/aromatic N) is 3. The van der Waals surface area contributed by atoms with E-state index in [1.165, 1.54) is 22.9 Å². The van der Waals surface area contributed by atoms with Crippen LogP contribution in [0.1, 0.15) is 5.56 Å². The van der Waals surface area contributed by atoms with E-state index in [-0.39, 0.29) is 11.6 Å². The Bertz CT molecular complexity index is 796. The summed E-state index contributed by atoms with van der Waals surface area (Å²) in [7, 11) is 0. The quantitative estimate of drug-likeness (QED) is 0.758. The largest absolute Gasteiger partial charge is 0.508 e. The van der Waals surface area contributed by atoms with Gasteiger partial charge in [-0.2, -0.15) is 4.68 Å². The van der Waals surface area contributed by atoms with Crippen molar-refractivity contribution in [1.82, 2.24) is 15.0 Å². The lowest BCUT2D eigenvalue weighted by molar-refractivity contribution is 0.475. The Morgan fingerprint density at radius 2 is 1.86 bits per heavy atom. The number of benzene rings is 2. The fraction of sp³-hybridized carbons (Fsp3) is 0.0667. The lowest BCUT2D eigenvalue weighted by atomic mass is 10.1. The second kappa shape index (κ2) is 4.90. The van der Waals surface area contributed by atoms with Crippen LogP contribution < -0.4 is 5.73 Å². The molecule has 3 rings (SSSR count). The first kappa shape index (κ1) is 13.1. The van der Waals surface area contributed by atoms with Gasteiger partial charge in [-0.25, -0.2) is 4.39 Å². The van der Waals surface area contributed by atoms with Crippen LogP contribution >= 0.6 is 0 Å². The molecule has 0 aliphatic heterocycles. The molecule has 3 N–H and O–H groups in total. The Morgan fingerprint density at radius 3 is 2.52 bits per heavy atom. The van der Waals surface area contributed by atoms with Gasteiger partial charge in [0.2, 0.25) is 0 Å². The topological polar surface area (TPSA) is 77.0 Å². The number of nitrogens with two attached hydrogens (primary N) is 1. The molecule has 3 aromatic rings. The van der Waals surface area contributed by atoms with Gasteiger partial charge in [-0.3, -0.25) is 0 Å². The first-order chi connectivity index (χ1) is 10.1. The van der Waals surface area contributed by atoms with Gasteiger partial charge in [0.1, 0.15) is 17.3 Å². The van der Waals surface area contributed by atoms with Crippen molar-refractivity contribution in [3.05, 3.63) is 53.8 Å². The predicted molar refractivity (Wildman–Crippen MR) is 77.6 cm³/mol. The van der Waals surface area contributed by atoms with E-state index < -0.39 is 0 Å². The van der Waals surface area contributed by atoms with Crippen molar-refractivity contribution in [2.45, 2.75) is 6.92 Å². The number of aryl methyl sites for hydroxylation is 1. The van der Waals surface area contributed by atoms with E-state index in [1.54, 1.807) is 31.2 Å². The third kappa shape index (κ3) is 2.31. The third-order valence-corrected chi connectivity index (χ3v) is 3.23. The lowest BCUT2D eigenvalue weighted by Gasteiger charge is -2.04. The van der Waals surface area contributed by atoms with E-state index in [9.17, 15) is 9.50 Å². The zero-order chi connectivity index (χ0) is 15.0. The number of phenols is 1. The van der Waals surface area contributed by atoms with Crippen molar-refractivity contribution in [3.8, 4) is 22.7 Å². The summed E-state index contributed by atoms with van der Waals surface area (Å²) in [5.41, 5.74) is 8.47. The molecule has 106 valence electrons. The lowest BCUT2D eigenvalue weighted by Crippen LogP contribution is -2.02. The molecule has 0 radical (unpaired) electrons. The molecule has 5 nitrogen and oxygen atoms in total. The van der Waals surface area contributed by atoms with Crippen molar-refractivity contribution in [2.75, 3.05) is 5.73 Å². The Morgan fingerprint density at radius 1 is 1.14 bits per heavy atom. The summed E-state index contributed by atoms with van der Waals surface area (Å²) in [5.74, 6) is 0.238.